The maximum atomic E-state index is 13.5. The number of anilines is 1. The molecule has 0 atom stereocenters. The second-order valence-corrected chi connectivity index (χ2v) is 5.23. The summed E-state index contributed by atoms with van der Waals surface area (Å²) < 4.78 is 15.1. The average molecular weight is 360 g/mol. The molecule has 1 aromatic heterocycles. The van der Waals surface area contributed by atoms with Gasteiger partial charge in [-0.25, -0.2) is 4.39 Å². The number of benzene rings is 1. The Morgan fingerprint density at radius 1 is 1.24 bits per heavy atom. The minimum absolute atomic E-state index is 0.276. The Hall–Kier alpha value is -0.940. The van der Waals surface area contributed by atoms with Crippen LogP contribution >= 0.6 is 31.9 Å². The van der Waals surface area contributed by atoms with E-state index in [9.17, 15) is 4.39 Å². The largest absolute Gasteiger partial charge is 0.378 e. The van der Waals surface area contributed by atoms with Crippen LogP contribution in [0, 0.1) is 5.82 Å². The molecule has 0 saturated carbocycles. The van der Waals surface area contributed by atoms with Gasteiger partial charge in [0.05, 0.1) is 5.69 Å². The van der Waals surface area contributed by atoms with Crippen LogP contribution in [0.15, 0.2) is 45.6 Å². The van der Waals surface area contributed by atoms with Crippen molar-refractivity contribution in [3.63, 3.8) is 0 Å². The van der Waals surface area contributed by atoms with Gasteiger partial charge < -0.3 is 5.32 Å². The zero-order valence-electron chi connectivity index (χ0n) is 8.75. The van der Waals surface area contributed by atoms with Crippen molar-refractivity contribution in [1.82, 2.24) is 4.98 Å². The Labute approximate surface area is 116 Å². The maximum absolute atomic E-state index is 13.5. The van der Waals surface area contributed by atoms with Crippen molar-refractivity contribution < 1.29 is 4.39 Å². The minimum Gasteiger partial charge on any atom is -0.378 e. The van der Waals surface area contributed by atoms with Crippen molar-refractivity contribution in [2.75, 3.05) is 5.32 Å². The van der Waals surface area contributed by atoms with Gasteiger partial charge in [-0.05, 0) is 55.6 Å². The number of rotatable bonds is 3. The van der Waals surface area contributed by atoms with Gasteiger partial charge in [-0.1, -0.05) is 6.07 Å². The fraction of sp³-hybridized carbons (Fsp3) is 0.0833. The summed E-state index contributed by atoms with van der Waals surface area (Å²) in [6, 6.07) is 6.82. The van der Waals surface area contributed by atoms with Crippen LogP contribution in [-0.4, -0.2) is 4.98 Å². The van der Waals surface area contributed by atoms with Crippen LogP contribution in [0.25, 0.3) is 0 Å². The number of para-hydroxylation sites is 1. The molecule has 0 radical (unpaired) electrons. The highest BCUT2D eigenvalue weighted by molar-refractivity contribution is 9.10. The number of hydrogen-bond donors (Lipinski definition) is 1. The van der Waals surface area contributed by atoms with E-state index in [4.69, 9.17) is 0 Å². The number of aromatic nitrogens is 1. The Morgan fingerprint density at radius 3 is 2.76 bits per heavy atom. The first-order chi connectivity index (χ1) is 8.16. The van der Waals surface area contributed by atoms with Gasteiger partial charge in [-0.15, -0.1) is 0 Å². The van der Waals surface area contributed by atoms with Gasteiger partial charge in [0.1, 0.15) is 5.82 Å². The molecule has 0 unspecified atom stereocenters. The Morgan fingerprint density at radius 2 is 2.06 bits per heavy atom. The summed E-state index contributed by atoms with van der Waals surface area (Å²) >= 11 is 6.65. The molecule has 2 aromatic rings. The predicted molar refractivity (Wildman–Crippen MR) is 73.4 cm³/mol. The van der Waals surface area contributed by atoms with E-state index in [1.807, 2.05) is 6.07 Å². The molecule has 0 fully saturated rings. The highest BCUT2D eigenvalue weighted by Gasteiger charge is 2.05. The zero-order chi connectivity index (χ0) is 12.3. The van der Waals surface area contributed by atoms with Gasteiger partial charge >= 0.3 is 0 Å². The molecule has 2 rings (SSSR count). The lowest BCUT2D eigenvalue weighted by Gasteiger charge is -2.09. The number of pyridine rings is 1. The first-order valence-corrected chi connectivity index (χ1v) is 6.53. The molecule has 1 N–H and O–H groups in total. The standard InChI is InChI=1S/C12H9Br2FN2/c13-9-4-8(5-16-7-9)6-17-12-10(14)2-1-3-11(12)15/h1-5,7,17H,6H2. The SMILES string of the molecule is Fc1cccc(Br)c1NCc1cncc(Br)c1. The summed E-state index contributed by atoms with van der Waals surface area (Å²) in [6.45, 7) is 0.520. The molecule has 0 aliphatic carbocycles. The van der Waals surface area contributed by atoms with E-state index in [-0.39, 0.29) is 5.82 Å². The summed E-state index contributed by atoms with van der Waals surface area (Å²) in [4.78, 5) is 4.05. The molecule has 0 amide bonds. The van der Waals surface area contributed by atoms with Crippen molar-refractivity contribution >= 4 is 37.5 Å². The number of hydrogen-bond acceptors (Lipinski definition) is 2. The van der Waals surface area contributed by atoms with Crippen molar-refractivity contribution in [3.8, 4) is 0 Å². The van der Waals surface area contributed by atoms with Crippen molar-refractivity contribution in [3.05, 3.63) is 57.0 Å². The maximum Gasteiger partial charge on any atom is 0.147 e. The van der Waals surface area contributed by atoms with Gasteiger partial charge in [0.25, 0.3) is 0 Å². The molecule has 1 heterocycles. The Kier molecular flexibility index (Phi) is 4.12. The van der Waals surface area contributed by atoms with Gasteiger partial charge in [0.2, 0.25) is 0 Å². The van der Waals surface area contributed by atoms with Crippen LogP contribution in [0.3, 0.4) is 0 Å². The van der Waals surface area contributed by atoms with E-state index >= 15 is 0 Å². The van der Waals surface area contributed by atoms with Crippen LogP contribution in [0.2, 0.25) is 0 Å². The number of nitrogens with zero attached hydrogens (tertiary/aromatic N) is 1. The summed E-state index contributed by atoms with van der Waals surface area (Å²) in [5, 5.41) is 3.04. The van der Waals surface area contributed by atoms with E-state index in [1.165, 1.54) is 6.07 Å². The van der Waals surface area contributed by atoms with E-state index in [2.05, 4.69) is 42.2 Å². The molecule has 88 valence electrons. The molecule has 0 bridgehead atoms. The first-order valence-electron chi connectivity index (χ1n) is 4.94. The molecular weight excluding hydrogens is 351 g/mol. The molecule has 0 saturated heterocycles. The average Bonchev–Trinajstić information content (AvgIpc) is 2.28. The fourth-order valence-electron chi connectivity index (χ4n) is 1.41. The van der Waals surface area contributed by atoms with Crippen molar-refractivity contribution in [2.45, 2.75) is 6.54 Å². The van der Waals surface area contributed by atoms with Crippen molar-refractivity contribution in [1.29, 1.82) is 0 Å². The van der Waals surface area contributed by atoms with Crippen LogP contribution in [0.4, 0.5) is 10.1 Å². The lowest BCUT2D eigenvalue weighted by Crippen LogP contribution is -2.02. The zero-order valence-corrected chi connectivity index (χ0v) is 11.9. The fourth-order valence-corrected chi connectivity index (χ4v) is 2.30. The van der Waals surface area contributed by atoms with E-state index in [0.717, 1.165) is 10.0 Å². The third-order valence-electron chi connectivity index (χ3n) is 2.19. The Bertz CT molecular complexity index is 511. The molecule has 2 nitrogen and oxygen atoms in total. The molecular formula is C12H9Br2FN2. The lowest BCUT2D eigenvalue weighted by molar-refractivity contribution is 0.629. The summed E-state index contributed by atoms with van der Waals surface area (Å²) in [5.41, 5.74) is 1.45. The Balaban J connectivity index is 2.13. The van der Waals surface area contributed by atoms with Gasteiger partial charge in [-0.3, -0.25) is 4.98 Å². The van der Waals surface area contributed by atoms with Crippen LogP contribution in [0.1, 0.15) is 5.56 Å². The number of halogens is 3. The van der Waals surface area contributed by atoms with Crippen LogP contribution in [0.5, 0.6) is 0 Å². The van der Waals surface area contributed by atoms with Gasteiger partial charge in [0, 0.05) is 27.9 Å². The normalized spacial score (nSPS) is 10.3. The third-order valence-corrected chi connectivity index (χ3v) is 3.29. The van der Waals surface area contributed by atoms with E-state index < -0.39 is 0 Å². The number of nitrogens with one attached hydrogen (secondary N) is 1. The molecule has 1 aromatic carbocycles. The summed E-state index contributed by atoms with van der Waals surface area (Å²) in [7, 11) is 0. The summed E-state index contributed by atoms with van der Waals surface area (Å²) in [5.74, 6) is -0.276. The highest BCUT2D eigenvalue weighted by atomic mass is 79.9. The third kappa shape index (κ3) is 3.26. The minimum atomic E-state index is -0.276. The molecule has 0 aliphatic heterocycles. The molecule has 17 heavy (non-hydrogen) atoms. The van der Waals surface area contributed by atoms with Crippen LogP contribution in [-0.2, 0) is 6.54 Å². The summed E-state index contributed by atoms with van der Waals surface area (Å²) in [6.07, 6.45) is 3.45. The molecule has 5 heteroatoms. The van der Waals surface area contributed by atoms with E-state index in [1.54, 1.807) is 24.5 Å². The second-order valence-electron chi connectivity index (χ2n) is 3.46. The van der Waals surface area contributed by atoms with Gasteiger partial charge in [0.15, 0.2) is 0 Å². The lowest BCUT2D eigenvalue weighted by atomic mass is 10.2. The van der Waals surface area contributed by atoms with E-state index in [0.29, 0.717) is 16.7 Å². The molecule has 0 spiro atoms. The first kappa shape index (κ1) is 12.5. The predicted octanol–water partition coefficient (Wildman–Crippen LogP) is 4.36. The quantitative estimate of drug-likeness (QED) is 0.880. The van der Waals surface area contributed by atoms with Crippen molar-refractivity contribution in [2.24, 2.45) is 0 Å². The van der Waals surface area contributed by atoms with Crippen LogP contribution < -0.4 is 5.32 Å². The molecule has 0 aliphatic rings. The topological polar surface area (TPSA) is 24.9 Å². The highest BCUT2D eigenvalue weighted by Crippen LogP contribution is 2.25. The van der Waals surface area contributed by atoms with Gasteiger partial charge in [-0.2, -0.15) is 0 Å². The monoisotopic (exact) mass is 358 g/mol. The second kappa shape index (κ2) is 5.60. The smallest absolute Gasteiger partial charge is 0.147 e.